The monoisotopic (exact) mass is 318 g/mol. The van der Waals surface area contributed by atoms with E-state index in [9.17, 15) is 0 Å². The van der Waals surface area contributed by atoms with Crippen LogP contribution in [-0.2, 0) is 0 Å². The highest BCUT2D eigenvalue weighted by Gasteiger charge is 2.18. The second-order valence-electron chi connectivity index (χ2n) is 6.02. The fourth-order valence-electron chi connectivity index (χ4n) is 3.05. The van der Waals surface area contributed by atoms with Crippen LogP contribution in [0, 0.1) is 13.8 Å². The standard InChI is InChI=1S/C19H18N4O/c1-12-7-6-10-20-18(12)14(3)23-11-16(21-22-23)19-13(2)15-8-4-5-9-17(15)24-19/h4-11,14H,1-3H3/t14-/m0/s1. The Kier molecular flexibility index (Phi) is 3.41. The molecule has 3 aromatic heterocycles. The van der Waals surface area contributed by atoms with E-state index < -0.39 is 0 Å². The third-order valence-corrected chi connectivity index (χ3v) is 4.43. The summed E-state index contributed by atoms with van der Waals surface area (Å²) < 4.78 is 7.81. The first-order valence-electron chi connectivity index (χ1n) is 7.97. The molecule has 0 fully saturated rings. The van der Waals surface area contributed by atoms with Crippen molar-refractivity contribution in [1.82, 2.24) is 20.0 Å². The summed E-state index contributed by atoms with van der Waals surface area (Å²) in [6.45, 7) is 6.17. The first-order chi connectivity index (χ1) is 11.6. The number of rotatable bonds is 3. The Morgan fingerprint density at radius 3 is 2.71 bits per heavy atom. The van der Waals surface area contributed by atoms with Crippen molar-refractivity contribution in [2.24, 2.45) is 0 Å². The fraction of sp³-hybridized carbons (Fsp3) is 0.211. The molecule has 0 spiro atoms. The van der Waals surface area contributed by atoms with Gasteiger partial charge in [0.15, 0.2) is 5.76 Å². The van der Waals surface area contributed by atoms with Gasteiger partial charge in [0.1, 0.15) is 11.3 Å². The summed E-state index contributed by atoms with van der Waals surface area (Å²) in [6, 6.07) is 12.0. The normalized spacial score (nSPS) is 12.6. The topological polar surface area (TPSA) is 56.7 Å². The van der Waals surface area contributed by atoms with Crippen molar-refractivity contribution in [3.8, 4) is 11.5 Å². The number of nitrogens with zero attached hydrogens (tertiary/aromatic N) is 4. The summed E-state index contributed by atoms with van der Waals surface area (Å²) >= 11 is 0. The van der Waals surface area contributed by atoms with E-state index in [1.165, 1.54) is 0 Å². The maximum absolute atomic E-state index is 5.98. The molecule has 0 saturated carbocycles. The van der Waals surface area contributed by atoms with Gasteiger partial charge in [0.2, 0.25) is 0 Å². The Morgan fingerprint density at radius 1 is 1.08 bits per heavy atom. The minimum absolute atomic E-state index is 0.0112. The summed E-state index contributed by atoms with van der Waals surface area (Å²) in [6.07, 6.45) is 3.73. The number of hydrogen-bond acceptors (Lipinski definition) is 4. The third kappa shape index (κ3) is 2.29. The summed E-state index contributed by atoms with van der Waals surface area (Å²) in [4.78, 5) is 4.48. The van der Waals surface area contributed by atoms with Crippen molar-refractivity contribution in [3.05, 3.63) is 65.6 Å². The highest BCUT2D eigenvalue weighted by molar-refractivity contribution is 5.86. The van der Waals surface area contributed by atoms with Gasteiger partial charge in [0, 0.05) is 17.1 Å². The molecular weight excluding hydrogens is 300 g/mol. The van der Waals surface area contributed by atoms with Crippen LogP contribution < -0.4 is 0 Å². The number of furan rings is 1. The molecule has 1 atom stereocenters. The second-order valence-corrected chi connectivity index (χ2v) is 6.02. The molecule has 0 unspecified atom stereocenters. The Balaban J connectivity index is 1.74. The van der Waals surface area contributed by atoms with E-state index in [1.54, 1.807) is 6.20 Å². The van der Waals surface area contributed by atoms with Gasteiger partial charge in [-0.2, -0.15) is 0 Å². The van der Waals surface area contributed by atoms with Crippen LogP contribution >= 0.6 is 0 Å². The number of aromatic nitrogens is 4. The van der Waals surface area contributed by atoms with Gasteiger partial charge in [-0.25, -0.2) is 4.68 Å². The first-order valence-corrected chi connectivity index (χ1v) is 7.97. The van der Waals surface area contributed by atoms with Crippen LogP contribution in [0.2, 0.25) is 0 Å². The van der Waals surface area contributed by atoms with Crippen LogP contribution in [0.25, 0.3) is 22.4 Å². The molecule has 0 aliphatic heterocycles. The van der Waals surface area contributed by atoms with Gasteiger partial charge in [-0.05, 0) is 38.5 Å². The molecule has 1 aromatic carbocycles. The maximum Gasteiger partial charge on any atom is 0.160 e. The van der Waals surface area contributed by atoms with E-state index in [4.69, 9.17) is 4.42 Å². The van der Waals surface area contributed by atoms with Gasteiger partial charge in [-0.1, -0.05) is 29.5 Å². The Bertz CT molecular complexity index is 1020. The van der Waals surface area contributed by atoms with Crippen LogP contribution in [0.4, 0.5) is 0 Å². The van der Waals surface area contributed by atoms with E-state index >= 15 is 0 Å². The predicted molar refractivity (Wildman–Crippen MR) is 92.8 cm³/mol. The number of pyridine rings is 1. The molecule has 5 nitrogen and oxygen atoms in total. The summed E-state index contributed by atoms with van der Waals surface area (Å²) in [7, 11) is 0. The quantitative estimate of drug-likeness (QED) is 0.565. The van der Waals surface area contributed by atoms with Gasteiger partial charge in [-0.15, -0.1) is 5.10 Å². The minimum Gasteiger partial charge on any atom is -0.454 e. The zero-order valence-electron chi connectivity index (χ0n) is 13.9. The lowest BCUT2D eigenvalue weighted by atomic mass is 10.1. The maximum atomic E-state index is 5.98. The molecule has 5 heteroatoms. The summed E-state index contributed by atoms with van der Waals surface area (Å²) in [5.74, 6) is 0.771. The Morgan fingerprint density at radius 2 is 1.92 bits per heavy atom. The lowest BCUT2D eigenvalue weighted by Gasteiger charge is -2.12. The number of aryl methyl sites for hydroxylation is 2. The average molecular weight is 318 g/mol. The second kappa shape index (κ2) is 5.60. The molecule has 0 bridgehead atoms. The van der Waals surface area contributed by atoms with Crippen LogP contribution in [0.3, 0.4) is 0 Å². The van der Waals surface area contributed by atoms with Crippen molar-refractivity contribution in [1.29, 1.82) is 0 Å². The molecule has 4 rings (SSSR count). The van der Waals surface area contributed by atoms with Crippen molar-refractivity contribution in [3.63, 3.8) is 0 Å². The van der Waals surface area contributed by atoms with E-state index in [0.29, 0.717) is 0 Å². The average Bonchev–Trinajstić information content (AvgIpc) is 3.20. The molecule has 0 aliphatic carbocycles. The molecule has 24 heavy (non-hydrogen) atoms. The summed E-state index contributed by atoms with van der Waals surface area (Å²) in [5.41, 5.74) is 4.83. The zero-order chi connectivity index (χ0) is 16.7. The van der Waals surface area contributed by atoms with Crippen molar-refractivity contribution < 1.29 is 4.42 Å². The largest absolute Gasteiger partial charge is 0.454 e. The van der Waals surface area contributed by atoms with Crippen molar-refractivity contribution >= 4 is 11.0 Å². The molecular formula is C19H18N4O. The smallest absolute Gasteiger partial charge is 0.160 e. The van der Waals surface area contributed by atoms with Gasteiger partial charge in [0.05, 0.1) is 17.9 Å². The van der Waals surface area contributed by atoms with E-state index in [0.717, 1.165) is 39.2 Å². The third-order valence-electron chi connectivity index (χ3n) is 4.43. The SMILES string of the molecule is Cc1cccnc1[C@H](C)n1cc(-c2oc3ccccc3c2C)nn1. The lowest BCUT2D eigenvalue weighted by molar-refractivity contribution is 0.529. The number of hydrogen-bond donors (Lipinski definition) is 0. The molecule has 0 amide bonds. The molecule has 4 aromatic rings. The Labute approximate surface area is 139 Å². The van der Waals surface area contributed by atoms with Crippen LogP contribution in [0.1, 0.15) is 29.8 Å². The minimum atomic E-state index is 0.0112. The molecule has 0 N–H and O–H groups in total. The molecule has 120 valence electrons. The van der Waals surface area contributed by atoms with Gasteiger partial charge >= 0.3 is 0 Å². The van der Waals surface area contributed by atoms with Gasteiger partial charge in [-0.3, -0.25) is 4.98 Å². The molecule has 0 radical (unpaired) electrons. The molecule has 0 saturated heterocycles. The number of fused-ring (bicyclic) bond motifs is 1. The van der Waals surface area contributed by atoms with Crippen LogP contribution in [0.15, 0.2) is 53.2 Å². The highest BCUT2D eigenvalue weighted by atomic mass is 16.3. The van der Waals surface area contributed by atoms with Crippen molar-refractivity contribution in [2.75, 3.05) is 0 Å². The van der Waals surface area contributed by atoms with E-state index in [-0.39, 0.29) is 6.04 Å². The van der Waals surface area contributed by atoms with Crippen LogP contribution in [-0.4, -0.2) is 20.0 Å². The van der Waals surface area contributed by atoms with Crippen molar-refractivity contribution in [2.45, 2.75) is 26.8 Å². The highest BCUT2D eigenvalue weighted by Crippen LogP contribution is 2.32. The van der Waals surface area contributed by atoms with Gasteiger partial charge in [0.25, 0.3) is 0 Å². The van der Waals surface area contributed by atoms with Gasteiger partial charge < -0.3 is 4.42 Å². The number of para-hydroxylation sites is 1. The molecule has 0 aliphatic rings. The fourth-order valence-corrected chi connectivity index (χ4v) is 3.05. The summed E-state index contributed by atoms with van der Waals surface area (Å²) in [5, 5.41) is 9.71. The van der Waals surface area contributed by atoms with E-state index in [1.807, 2.05) is 42.1 Å². The number of benzene rings is 1. The van der Waals surface area contributed by atoms with Crippen LogP contribution in [0.5, 0.6) is 0 Å². The first kappa shape index (κ1) is 14.6. The lowest BCUT2D eigenvalue weighted by Crippen LogP contribution is -2.10. The van der Waals surface area contributed by atoms with E-state index in [2.05, 4.69) is 41.3 Å². The zero-order valence-corrected chi connectivity index (χ0v) is 13.9. The molecule has 3 heterocycles. The predicted octanol–water partition coefficient (Wildman–Crippen LogP) is 4.31. The Hall–Kier alpha value is -2.95.